The van der Waals surface area contributed by atoms with Crippen LogP contribution in [0.15, 0.2) is 21.6 Å². The Balaban J connectivity index is 2.28. The van der Waals surface area contributed by atoms with Gasteiger partial charge in [0.2, 0.25) is 10.9 Å². The van der Waals surface area contributed by atoms with Crippen LogP contribution >= 0.6 is 0 Å². The predicted molar refractivity (Wildman–Crippen MR) is 71.1 cm³/mol. The van der Waals surface area contributed by atoms with Crippen LogP contribution in [0.2, 0.25) is 0 Å². The number of nitrogens with one attached hydrogen (secondary N) is 1. The zero-order chi connectivity index (χ0) is 14.8. The Hall–Kier alpha value is -1.38. The van der Waals surface area contributed by atoms with Gasteiger partial charge in [0.25, 0.3) is 10.0 Å². The van der Waals surface area contributed by atoms with Gasteiger partial charge in [0.1, 0.15) is 0 Å². The van der Waals surface area contributed by atoms with Crippen molar-refractivity contribution in [3.8, 4) is 0 Å². The summed E-state index contributed by atoms with van der Waals surface area (Å²) in [7, 11) is -3.79. The third-order valence-electron chi connectivity index (χ3n) is 3.38. The van der Waals surface area contributed by atoms with Crippen LogP contribution in [0.1, 0.15) is 30.3 Å². The molecule has 1 aliphatic rings. The number of carbonyl (C=O) groups is 1. The minimum absolute atomic E-state index is 0.0790. The van der Waals surface area contributed by atoms with E-state index in [4.69, 9.17) is 9.52 Å². The maximum Gasteiger partial charge on any atom is 0.371 e. The molecule has 0 spiro atoms. The molecule has 0 saturated carbocycles. The van der Waals surface area contributed by atoms with Gasteiger partial charge in [-0.05, 0) is 38.1 Å². The van der Waals surface area contributed by atoms with E-state index in [0.29, 0.717) is 6.54 Å². The summed E-state index contributed by atoms with van der Waals surface area (Å²) in [5.41, 5.74) is 0. The molecule has 7 nitrogen and oxygen atoms in total. The van der Waals surface area contributed by atoms with Gasteiger partial charge in [-0.25, -0.2) is 13.2 Å². The molecule has 2 heterocycles. The second kappa shape index (κ2) is 5.94. The first-order chi connectivity index (χ1) is 9.46. The normalized spacial score (nSPS) is 17.5. The molecule has 112 valence electrons. The lowest BCUT2D eigenvalue weighted by atomic mass is 10.1. The fourth-order valence-corrected chi connectivity index (χ4v) is 4.02. The largest absolute Gasteiger partial charge is 0.475 e. The van der Waals surface area contributed by atoms with Crippen molar-refractivity contribution in [1.82, 2.24) is 9.62 Å². The third-order valence-corrected chi connectivity index (χ3v) is 5.28. The van der Waals surface area contributed by atoms with Gasteiger partial charge >= 0.3 is 5.97 Å². The lowest BCUT2D eigenvalue weighted by Crippen LogP contribution is -2.45. The van der Waals surface area contributed by atoms with Crippen LogP contribution in [-0.4, -0.2) is 49.5 Å². The Kier molecular flexibility index (Phi) is 4.46. The van der Waals surface area contributed by atoms with Crippen molar-refractivity contribution < 1.29 is 22.7 Å². The van der Waals surface area contributed by atoms with Crippen LogP contribution in [0.25, 0.3) is 0 Å². The van der Waals surface area contributed by atoms with Crippen LogP contribution in [0.3, 0.4) is 0 Å². The van der Waals surface area contributed by atoms with Gasteiger partial charge in [0.05, 0.1) is 0 Å². The summed E-state index contributed by atoms with van der Waals surface area (Å²) in [5.74, 6) is -1.65. The molecule has 20 heavy (non-hydrogen) atoms. The monoisotopic (exact) mass is 302 g/mol. The molecule has 1 saturated heterocycles. The van der Waals surface area contributed by atoms with E-state index in [1.807, 2.05) is 0 Å². The standard InChI is InChI=1S/C12H18N2O5S/c1-2-14(9-5-7-13-8-6-9)20(17,18)11-4-3-10(19-11)12(15)16/h3-4,9,13H,2,5-8H2,1H3,(H,15,16). The Morgan fingerprint density at radius 1 is 1.45 bits per heavy atom. The van der Waals surface area contributed by atoms with E-state index in [2.05, 4.69) is 5.32 Å². The quantitative estimate of drug-likeness (QED) is 0.832. The van der Waals surface area contributed by atoms with Gasteiger partial charge in [-0.15, -0.1) is 0 Å². The minimum atomic E-state index is -3.79. The van der Waals surface area contributed by atoms with E-state index in [-0.39, 0.29) is 16.9 Å². The van der Waals surface area contributed by atoms with E-state index in [1.54, 1.807) is 6.92 Å². The highest BCUT2D eigenvalue weighted by Gasteiger charge is 2.33. The molecule has 0 unspecified atom stereocenters. The highest BCUT2D eigenvalue weighted by molar-refractivity contribution is 7.89. The van der Waals surface area contributed by atoms with Gasteiger partial charge in [0, 0.05) is 12.6 Å². The molecule has 1 aliphatic heterocycles. The number of aromatic carboxylic acids is 1. The van der Waals surface area contributed by atoms with E-state index >= 15 is 0 Å². The Labute approximate surface area is 117 Å². The van der Waals surface area contributed by atoms with E-state index in [0.717, 1.165) is 32.0 Å². The van der Waals surface area contributed by atoms with Crippen molar-refractivity contribution in [3.63, 3.8) is 0 Å². The van der Waals surface area contributed by atoms with Crippen LogP contribution < -0.4 is 5.32 Å². The summed E-state index contributed by atoms with van der Waals surface area (Å²) in [5, 5.41) is 11.7. The summed E-state index contributed by atoms with van der Waals surface area (Å²) in [6.07, 6.45) is 1.47. The molecule has 1 fully saturated rings. The average Bonchev–Trinajstić information content (AvgIpc) is 2.91. The maximum atomic E-state index is 12.5. The van der Waals surface area contributed by atoms with E-state index < -0.39 is 16.0 Å². The SMILES string of the molecule is CCN(C1CCNCC1)S(=O)(=O)c1ccc(C(=O)O)o1. The molecular formula is C12H18N2O5S. The zero-order valence-corrected chi connectivity index (χ0v) is 12.0. The highest BCUT2D eigenvalue weighted by Crippen LogP contribution is 2.23. The highest BCUT2D eigenvalue weighted by atomic mass is 32.2. The van der Waals surface area contributed by atoms with Crippen LogP contribution in [0, 0.1) is 0 Å². The van der Waals surface area contributed by atoms with Gasteiger partial charge in [-0.1, -0.05) is 6.92 Å². The van der Waals surface area contributed by atoms with Crippen LogP contribution in [0.5, 0.6) is 0 Å². The van der Waals surface area contributed by atoms with Gasteiger partial charge in [-0.2, -0.15) is 4.31 Å². The summed E-state index contributed by atoms with van der Waals surface area (Å²) < 4.78 is 31.4. The molecule has 2 N–H and O–H groups in total. The molecule has 8 heteroatoms. The number of carboxylic acid groups (broad SMARTS) is 1. The fourth-order valence-electron chi connectivity index (χ4n) is 2.41. The summed E-state index contributed by atoms with van der Waals surface area (Å²) >= 11 is 0. The summed E-state index contributed by atoms with van der Waals surface area (Å²) in [6.45, 7) is 3.64. The van der Waals surface area contributed by atoms with Crippen molar-refractivity contribution in [2.75, 3.05) is 19.6 Å². The molecule has 0 aromatic carbocycles. The molecular weight excluding hydrogens is 284 g/mol. The molecule has 1 aromatic rings. The summed E-state index contributed by atoms with van der Waals surface area (Å²) in [4.78, 5) is 10.8. The van der Waals surface area contributed by atoms with Gasteiger partial charge in [-0.3, -0.25) is 0 Å². The second-order valence-electron chi connectivity index (χ2n) is 4.61. The smallest absolute Gasteiger partial charge is 0.371 e. The van der Waals surface area contributed by atoms with Crippen LogP contribution in [0.4, 0.5) is 0 Å². The van der Waals surface area contributed by atoms with Crippen LogP contribution in [-0.2, 0) is 10.0 Å². The maximum absolute atomic E-state index is 12.5. The average molecular weight is 302 g/mol. The lowest BCUT2D eigenvalue weighted by molar-refractivity contribution is 0.0656. The second-order valence-corrected chi connectivity index (χ2v) is 6.43. The Morgan fingerprint density at radius 3 is 2.60 bits per heavy atom. The first kappa shape index (κ1) is 15.0. The molecule has 0 atom stereocenters. The number of nitrogens with zero attached hydrogens (tertiary/aromatic N) is 1. The van der Waals surface area contributed by atoms with Gasteiger partial charge < -0.3 is 14.8 Å². The Bertz CT molecular complexity index is 574. The molecule has 0 aliphatic carbocycles. The first-order valence-corrected chi connectivity index (χ1v) is 7.96. The zero-order valence-electron chi connectivity index (χ0n) is 11.2. The number of furan rings is 1. The summed E-state index contributed by atoms with van der Waals surface area (Å²) in [6, 6.07) is 2.28. The number of hydrogen-bond donors (Lipinski definition) is 2. The molecule has 0 bridgehead atoms. The molecule has 1 aromatic heterocycles. The minimum Gasteiger partial charge on any atom is -0.475 e. The fraction of sp³-hybridized carbons (Fsp3) is 0.583. The van der Waals surface area contributed by atoms with Crippen molar-refractivity contribution in [2.45, 2.75) is 30.9 Å². The molecule has 2 rings (SSSR count). The number of piperidine rings is 1. The van der Waals surface area contributed by atoms with E-state index in [9.17, 15) is 13.2 Å². The molecule has 0 radical (unpaired) electrons. The number of rotatable bonds is 5. The number of carboxylic acids is 1. The number of sulfonamides is 1. The van der Waals surface area contributed by atoms with Gasteiger partial charge in [0.15, 0.2) is 0 Å². The van der Waals surface area contributed by atoms with Crippen molar-refractivity contribution >= 4 is 16.0 Å². The van der Waals surface area contributed by atoms with E-state index in [1.165, 1.54) is 10.4 Å². The van der Waals surface area contributed by atoms with Crippen molar-refractivity contribution in [2.24, 2.45) is 0 Å². The Morgan fingerprint density at radius 2 is 2.10 bits per heavy atom. The van der Waals surface area contributed by atoms with Crippen molar-refractivity contribution in [3.05, 3.63) is 17.9 Å². The topological polar surface area (TPSA) is 99.9 Å². The lowest BCUT2D eigenvalue weighted by Gasteiger charge is -2.32. The number of hydrogen-bond acceptors (Lipinski definition) is 5. The molecule has 0 amide bonds. The predicted octanol–water partition coefficient (Wildman–Crippen LogP) is 0.740. The van der Waals surface area contributed by atoms with Crippen molar-refractivity contribution in [1.29, 1.82) is 0 Å². The third kappa shape index (κ3) is 2.87. The first-order valence-electron chi connectivity index (χ1n) is 6.52.